The van der Waals surface area contributed by atoms with Gasteiger partial charge in [-0.2, -0.15) is 23.5 Å². The molecule has 5 fully saturated rings. The van der Waals surface area contributed by atoms with Crippen molar-refractivity contribution < 1.29 is 29.2 Å². The minimum absolute atomic E-state index is 0.291. The Morgan fingerprint density at radius 3 is 1.29 bits per heavy atom. The molecule has 0 aromatic carbocycles. The van der Waals surface area contributed by atoms with Crippen molar-refractivity contribution in [3.63, 3.8) is 0 Å². The summed E-state index contributed by atoms with van der Waals surface area (Å²) in [5.41, 5.74) is 0. The fourth-order valence-corrected chi connectivity index (χ4v) is 6.96. The van der Waals surface area contributed by atoms with Crippen LogP contribution in [0.25, 0.3) is 0 Å². The normalized spacial score (nSPS) is 57.2. The van der Waals surface area contributed by atoms with Crippen LogP contribution in [0.3, 0.4) is 0 Å². The smallest absolute Gasteiger partial charge is 0.170 e. The van der Waals surface area contributed by atoms with Crippen molar-refractivity contribution in [2.24, 2.45) is 0 Å². The molecule has 7 unspecified atom stereocenters. The third-order valence-electron chi connectivity index (χ3n) is 5.70. The van der Waals surface area contributed by atoms with Crippen LogP contribution in [0.15, 0.2) is 0 Å². The zero-order valence-electron chi connectivity index (χ0n) is 13.4. The van der Waals surface area contributed by atoms with Gasteiger partial charge in [-0.3, -0.25) is 0 Å². The van der Waals surface area contributed by atoms with Gasteiger partial charge in [-0.1, -0.05) is 0 Å². The molecule has 0 aromatic rings. The van der Waals surface area contributed by atoms with E-state index in [1.54, 1.807) is 0 Å². The zero-order valence-corrected chi connectivity index (χ0v) is 15.0. The SMILES string of the molecule is OC1C2OC(C3CCCS3)O[C@H]2C(O)[C@@H]2OC(C3CCCS3)O[C@H]12. The summed E-state index contributed by atoms with van der Waals surface area (Å²) in [6.07, 6.45) is -0.0481. The van der Waals surface area contributed by atoms with E-state index in [-0.39, 0.29) is 12.6 Å². The van der Waals surface area contributed by atoms with Crippen LogP contribution in [0.2, 0.25) is 0 Å². The molecular weight excluding hydrogens is 352 g/mol. The first-order valence-corrected chi connectivity index (χ1v) is 11.0. The van der Waals surface area contributed by atoms with Gasteiger partial charge in [0.05, 0.1) is 10.5 Å². The number of fused-ring (bicyclic) bond motifs is 2. The van der Waals surface area contributed by atoms with E-state index >= 15 is 0 Å². The first-order valence-electron chi connectivity index (χ1n) is 8.93. The van der Waals surface area contributed by atoms with Crippen molar-refractivity contribution in [2.45, 2.75) is 85.4 Å². The number of hydrogen-bond donors (Lipinski definition) is 2. The van der Waals surface area contributed by atoms with Gasteiger partial charge in [0.25, 0.3) is 0 Å². The van der Waals surface area contributed by atoms with Crippen LogP contribution in [-0.2, 0) is 18.9 Å². The number of ether oxygens (including phenoxy) is 4. The Morgan fingerprint density at radius 2 is 1.00 bits per heavy atom. The van der Waals surface area contributed by atoms with Gasteiger partial charge in [0.2, 0.25) is 0 Å². The minimum atomic E-state index is -0.823. The highest BCUT2D eigenvalue weighted by Gasteiger charge is 2.61. The monoisotopic (exact) mass is 376 g/mol. The molecule has 0 aromatic heterocycles. The maximum atomic E-state index is 10.8. The average Bonchev–Trinajstić information content (AvgIpc) is 3.39. The van der Waals surface area contributed by atoms with Crippen LogP contribution in [0.4, 0.5) is 0 Å². The summed E-state index contributed by atoms with van der Waals surface area (Å²) in [6, 6.07) is 0. The summed E-state index contributed by atoms with van der Waals surface area (Å²) in [7, 11) is 0. The predicted octanol–water partition coefficient (Wildman–Crippen LogP) is 0.733. The molecule has 4 aliphatic heterocycles. The summed E-state index contributed by atoms with van der Waals surface area (Å²) in [6.45, 7) is 0. The Hall–Kier alpha value is 0.460. The zero-order chi connectivity index (χ0) is 16.3. The van der Waals surface area contributed by atoms with E-state index in [2.05, 4.69) is 0 Å². The molecule has 4 saturated heterocycles. The van der Waals surface area contributed by atoms with Gasteiger partial charge in [-0.25, -0.2) is 0 Å². The third-order valence-corrected chi connectivity index (χ3v) is 8.52. The van der Waals surface area contributed by atoms with Crippen LogP contribution in [0, 0.1) is 0 Å². The Bertz CT molecular complexity index is 403. The van der Waals surface area contributed by atoms with E-state index in [0.29, 0.717) is 10.5 Å². The standard InChI is InChI=1S/C16H24O6S2/c17-9-11-12(20-15(19-11)7-3-1-5-23-7)10(18)14-13(9)21-16(22-14)8-4-2-6-24-8/h7-18H,1-6H2/t7?,8?,9?,10?,11-,12+,13-,14?,15?,16?/m0/s1. The number of thioether (sulfide) groups is 2. The fourth-order valence-electron chi connectivity index (χ4n) is 4.45. The summed E-state index contributed by atoms with van der Waals surface area (Å²) >= 11 is 3.70. The Balaban J connectivity index is 1.30. The molecule has 136 valence electrons. The maximum Gasteiger partial charge on any atom is 0.170 e. The van der Waals surface area contributed by atoms with Gasteiger partial charge in [-0.15, -0.1) is 0 Å². The Labute approximate surface area is 149 Å². The lowest BCUT2D eigenvalue weighted by Gasteiger charge is -2.38. The van der Waals surface area contributed by atoms with Gasteiger partial charge in [-0.05, 0) is 37.2 Å². The fraction of sp³-hybridized carbons (Fsp3) is 1.00. The van der Waals surface area contributed by atoms with E-state index < -0.39 is 36.6 Å². The van der Waals surface area contributed by atoms with Gasteiger partial charge >= 0.3 is 0 Å². The largest absolute Gasteiger partial charge is 0.387 e. The van der Waals surface area contributed by atoms with Crippen molar-refractivity contribution in [2.75, 3.05) is 11.5 Å². The van der Waals surface area contributed by atoms with E-state index in [0.717, 1.165) is 37.2 Å². The Morgan fingerprint density at radius 1 is 0.625 bits per heavy atom. The highest BCUT2D eigenvalue weighted by atomic mass is 32.2. The second-order valence-corrected chi connectivity index (χ2v) is 9.92. The van der Waals surface area contributed by atoms with Crippen LogP contribution in [-0.4, -0.2) is 81.4 Å². The lowest BCUT2D eigenvalue weighted by molar-refractivity contribution is -0.152. The summed E-state index contributed by atoms with van der Waals surface area (Å²) in [5.74, 6) is 2.24. The van der Waals surface area contributed by atoms with E-state index in [9.17, 15) is 10.2 Å². The van der Waals surface area contributed by atoms with Gasteiger partial charge in [0, 0.05) is 0 Å². The van der Waals surface area contributed by atoms with Crippen molar-refractivity contribution >= 4 is 23.5 Å². The molecule has 0 bridgehead atoms. The molecule has 24 heavy (non-hydrogen) atoms. The first kappa shape index (κ1) is 16.6. The predicted molar refractivity (Wildman–Crippen MR) is 90.0 cm³/mol. The second-order valence-electron chi connectivity index (χ2n) is 7.22. The molecular formula is C16H24O6S2. The van der Waals surface area contributed by atoms with Gasteiger partial charge in [0.15, 0.2) is 12.6 Å². The van der Waals surface area contributed by atoms with Gasteiger partial charge in [0.1, 0.15) is 36.6 Å². The highest BCUT2D eigenvalue weighted by molar-refractivity contribution is 8.00. The molecule has 6 nitrogen and oxygen atoms in total. The number of rotatable bonds is 2. The van der Waals surface area contributed by atoms with Crippen molar-refractivity contribution in [3.05, 3.63) is 0 Å². The summed E-state index contributed by atoms with van der Waals surface area (Å²) < 4.78 is 24.0. The van der Waals surface area contributed by atoms with E-state index in [1.165, 1.54) is 0 Å². The van der Waals surface area contributed by atoms with Crippen molar-refractivity contribution in [1.82, 2.24) is 0 Å². The summed E-state index contributed by atoms with van der Waals surface area (Å²) in [4.78, 5) is 0. The van der Waals surface area contributed by atoms with Crippen LogP contribution >= 0.6 is 23.5 Å². The molecule has 0 amide bonds. The van der Waals surface area contributed by atoms with Crippen molar-refractivity contribution in [3.8, 4) is 0 Å². The molecule has 8 heteroatoms. The van der Waals surface area contributed by atoms with Gasteiger partial charge < -0.3 is 29.2 Å². The first-order chi connectivity index (χ1) is 11.7. The lowest BCUT2D eigenvalue weighted by Crippen LogP contribution is -2.61. The second kappa shape index (κ2) is 6.56. The molecule has 0 radical (unpaired) electrons. The number of aliphatic hydroxyl groups is 2. The highest BCUT2D eigenvalue weighted by Crippen LogP contribution is 2.44. The number of hydrogen-bond acceptors (Lipinski definition) is 8. The topological polar surface area (TPSA) is 77.4 Å². The van der Waals surface area contributed by atoms with Crippen LogP contribution in [0.1, 0.15) is 25.7 Å². The Kier molecular flexibility index (Phi) is 4.55. The molecule has 0 spiro atoms. The molecule has 10 atom stereocenters. The number of aliphatic hydroxyl groups excluding tert-OH is 2. The molecule has 1 saturated carbocycles. The quantitative estimate of drug-likeness (QED) is 0.731. The third kappa shape index (κ3) is 2.65. The van der Waals surface area contributed by atoms with Crippen molar-refractivity contribution in [1.29, 1.82) is 0 Å². The van der Waals surface area contributed by atoms with E-state index in [1.807, 2.05) is 23.5 Å². The summed E-state index contributed by atoms with van der Waals surface area (Å²) in [5, 5.41) is 22.1. The molecule has 5 rings (SSSR count). The lowest BCUT2D eigenvalue weighted by atomic mass is 9.85. The van der Waals surface area contributed by atoms with E-state index in [4.69, 9.17) is 18.9 Å². The molecule has 5 aliphatic rings. The maximum absolute atomic E-state index is 10.8. The molecule has 1 aliphatic carbocycles. The molecule has 2 N–H and O–H groups in total. The average molecular weight is 376 g/mol. The van der Waals surface area contributed by atoms with Crippen LogP contribution < -0.4 is 0 Å². The minimum Gasteiger partial charge on any atom is -0.387 e. The van der Waals surface area contributed by atoms with Crippen LogP contribution in [0.5, 0.6) is 0 Å². The molecule has 4 heterocycles.